The van der Waals surface area contributed by atoms with E-state index in [9.17, 15) is 4.79 Å². The summed E-state index contributed by atoms with van der Waals surface area (Å²) >= 11 is 0. The highest BCUT2D eigenvalue weighted by Gasteiger charge is 2.03. The molecule has 19 heavy (non-hydrogen) atoms. The topological polar surface area (TPSA) is 60.9 Å². The maximum atomic E-state index is 12.0. The molecule has 2 aromatic heterocycles. The molecular weight excluding hydrogens is 238 g/mol. The molecule has 0 unspecified atom stereocenters. The van der Waals surface area contributed by atoms with Crippen LogP contribution in [0.25, 0.3) is 10.9 Å². The summed E-state index contributed by atoms with van der Waals surface area (Å²) in [6.45, 7) is 0.493. The van der Waals surface area contributed by atoms with Crippen molar-refractivity contribution in [3.8, 4) is 0 Å². The summed E-state index contributed by atoms with van der Waals surface area (Å²) in [5.41, 5.74) is 7.53. The number of benzene rings is 1. The van der Waals surface area contributed by atoms with Crippen LogP contribution in [0.5, 0.6) is 0 Å². The van der Waals surface area contributed by atoms with Crippen molar-refractivity contribution in [2.45, 2.75) is 6.54 Å². The first-order valence-electron chi connectivity index (χ1n) is 6.03. The number of nitrogens with two attached hydrogens (primary N) is 1. The van der Waals surface area contributed by atoms with E-state index in [0.717, 1.165) is 16.5 Å². The lowest BCUT2D eigenvalue weighted by Crippen LogP contribution is -2.19. The highest BCUT2D eigenvalue weighted by Crippen LogP contribution is 2.13. The highest BCUT2D eigenvalue weighted by atomic mass is 16.1. The number of pyridine rings is 2. The molecular formula is C15H13N3O. The van der Waals surface area contributed by atoms with Gasteiger partial charge in [0.1, 0.15) is 5.82 Å². The number of nitrogen functional groups attached to an aromatic ring is 1. The van der Waals surface area contributed by atoms with Crippen molar-refractivity contribution in [2.24, 2.45) is 0 Å². The van der Waals surface area contributed by atoms with Crippen molar-refractivity contribution in [3.63, 3.8) is 0 Å². The van der Waals surface area contributed by atoms with Crippen molar-refractivity contribution in [3.05, 3.63) is 70.6 Å². The third-order valence-electron chi connectivity index (χ3n) is 3.09. The van der Waals surface area contributed by atoms with Crippen LogP contribution in [0, 0.1) is 0 Å². The van der Waals surface area contributed by atoms with Crippen molar-refractivity contribution in [2.75, 3.05) is 5.73 Å². The average molecular weight is 251 g/mol. The molecule has 3 rings (SSSR count). The molecule has 0 fully saturated rings. The van der Waals surface area contributed by atoms with Gasteiger partial charge in [0.25, 0.3) is 5.56 Å². The standard InChI is InChI=1S/C15H13N3O/c16-14-9-11(7-8-17-14)10-18-13-4-2-1-3-12(13)5-6-15(18)19/h1-9H,10H2,(H2,16,17). The van der Waals surface area contributed by atoms with Crippen LogP contribution < -0.4 is 11.3 Å². The third kappa shape index (κ3) is 2.20. The zero-order valence-electron chi connectivity index (χ0n) is 10.3. The molecule has 2 N–H and O–H groups in total. The minimum absolute atomic E-state index is 0.0194. The van der Waals surface area contributed by atoms with Gasteiger partial charge in [-0.3, -0.25) is 4.79 Å². The van der Waals surface area contributed by atoms with E-state index in [1.807, 2.05) is 36.4 Å². The fraction of sp³-hybridized carbons (Fsp3) is 0.0667. The number of para-hydroxylation sites is 1. The Morgan fingerprint density at radius 1 is 1.11 bits per heavy atom. The van der Waals surface area contributed by atoms with Gasteiger partial charge >= 0.3 is 0 Å². The van der Waals surface area contributed by atoms with Crippen molar-refractivity contribution in [1.82, 2.24) is 9.55 Å². The van der Waals surface area contributed by atoms with Crippen molar-refractivity contribution < 1.29 is 0 Å². The van der Waals surface area contributed by atoms with Gasteiger partial charge in [-0.2, -0.15) is 0 Å². The third-order valence-corrected chi connectivity index (χ3v) is 3.09. The summed E-state index contributed by atoms with van der Waals surface area (Å²) in [5.74, 6) is 0.464. The number of fused-ring (bicyclic) bond motifs is 1. The Morgan fingerprint density at radius 2 is 1.95 bits per heavy atom. The molecule has 2 heterocycles. The highest BCUT2D eigenvalue weighted by molar-refractivity contribution is 5.78. The predicted octanol–water partition coefficient (Wildman–Crippen LogP) is 2.03. The van der Waals surface area contributed by atoms with Gasteiger partial charge in [0.05, 0.1) is 12.1 Å². The lowest BCUT2D eigenvalue weighted by molar-refractivity contribution is 0.794. The molecule has 0 bridgehead atoms. The summed E-state index contributed by atoms with van der Waals surface area (Å²) < 4.78 is 1.74. The average Bonchev–Trinajstić information content (AvgIpc) is 2.42. The molecule has 0 spiro atoms. The lowest BCUT2D eigenvalue weighted by Gasteiger charge is -2.10. The zero-order valence-corrected chi connectivity index (χ0v) is 10.3. The van der Waals surface area contributed by atoms with Gasteiger partial charge in [0, 0.05) is 12.3 Å². The molecule has 0 aliphatic heterocycles. The smallest absolute Gasteiger partial charge is 0.251 e. The normalized spacial score (nSPS) is 10.7. The maximum absolute atomic E-state index is 12.0. The fourth-order valence-corrected chi connectivity index (χ4v) is 2.18. The van der Waals surface area contributed by atoms with E-state index in [4.69, 9.17) is 5.73 Å². The Hall–Kier alpha value is -2.62. The van der Waals surface area contributed by atoms with Gasteiger partial charge in [-0.1, -0.05) is 18.2 Å². The first-order chi connectivity index (χ1) is 9.24. The van der Waals surface area contributed by atoms with Crippen LogP contribution in [0.15, 0.2) is 59.5 Å². The van der Waals surface area contributed by atoms with Gasteiger partial charge in [-0.25, -0.2) is 4.98 Å². The predicted molar refractivity (Wildman–Crippen MR) is 76.0 cm³/mol. The van der Waals surface area contributed by atoms with E-state index in [-0.39, 0.29) is 5.56 Å². The van der Waals surface area contributed by atoms with E-state index in [1.54, 1.807) is 22.9 Å². The van der Waals surface area contributed by atoms with E-state index in [1.165, 1.54) is 0 Å². The molecule has 94 valence electrons. The number of anilines is 1. The van der Waals surface area contributed by atoms with Gasteiger partial charge in [-0.15, -0.1) is 0 Å². The van der Waals surface area contributed by atoms with E-state index >= 15 is 0 Å². The fourth-order valence-electron chi connectivity index (χ4n) is 2.18. The molecule has 0 aliphatic carbocycles. The second-order valence-electron chi connectivity index (χ2n) is 4.41. The first-order valence-corrected chi connectivity index (χ1v) is 6.03. The zero-order chi connectivity index (χ0) is 13.2. The monoisotopic (exact) mass is 251 g/mol. The molecule has 1 aromatic carbocycles. The Balaban J connectivity index is 2.14. The van der Waals surface area contributed by atoms with E-state index < -0.39 is 0 Å². The number of rotatable bonds is 2. The van der Waals surface area contributed by atoms with Crippen LogP contribution in [0.3, 0.4) is 0 Å². The van der Waals surface area contributed by atoms with Crippen LogP contribution in [0.4, 0.5) is 5.82 Å². The molecule has 4 heteroatoms. The molecule has 0 radical (unpaired) electrons. The molecule has 0 atom stereocenters. The van der Waals surface area contributed by atoms with Gasteiger partial charge in [0.15, 0.2) is 0 Å². The number of hydrogen-bond donors (Lipinski definition) is 1. The van der Waals surface area contributed by atoms with Crippen LogP contribution in [-0.4, -0.2) is 9.55 Å². The van der Waals surface area contributed by atoms with Crippen molar-refractivity contribution in [1.29, 1.82) is 0 Å². The Kier molecular flexibility index (Phi) is 2.76. The van der Waals surface area contributed by atoms with E-state index in [0.29, 0.717) is 12.4 Å². The molecule has 0 amide bonds. The SMILES string of the molecule is Nc1cc(Cn2c(=O)ccc3ccccc32)ccn1. The van der Waals surface area contributed by atoms with Gasteiger partial charge < -0.3 is 10.3 Å². The number of hydrogen-bond acceptors (Lipinski definition) is 3. The molecule has 0 aliphatic rings. The van der Waals surface area contributed by atoms with Gasteiger partial charge in [-0.05, 0) is 35.2 Å². The summed E-state index contributed by atoms with van der Waals surface area (Å²) in [4.78, 5) is 16.0. The molecule has 4 nitrogen and oxygen atoms in total. The number of aromatic nitrogens is 2. The first kappa shape index (κ1) is 11.5. The van der Waals surface area contributed by atoms with Crippen LogP contribution in [0.1, 0.15) is 5.56 Å². The maximum Gasteiger partial charge on any atom is 0.251 e. The minimum atomic E-state index is -0.0194. The summed E-state index contributed by atoms with van der Waals surface area (Å²) in [5, 5.41) is 1.05. The van der Waals surface area contributed by atoms with Crippen LogP contribution >= 0.6 is 0 Å². The largest absolute Gasteiger partial charge is 0.384 e. The Labute approximate surface area is 110 Å². The summed E-state index contributed by atoms with van der Waals surface area (Å²) in [7, 11) is 0. The van der Waals surface area contributed by atoms with Crippen molar-refractivity contribution >= 4 is 16.7 Å². The summed E-state index contributed by atoms with van der Waals surface area (Å²) in [6, 6.07) is 14.9. The minimum Gasteiger partial charge on any atom is -0.384 e. The second-order valence-corrected chi connectivity index (χ2v) is 4.41. The van der Waals surface area contributed by atoms with Crippen LogP contribution in [0.2, 0.25) is 0 Å². The van der Waals surface area contributed by atoms with Gasteiger partial charge in [0.2, 0.25) is 0 Å². The Bertz CT molecular complexity index is 792. The van der Waals surface area contributed by atoms with E-state index in [2.05, 4.69) is 4.98 Å². The molecule has 0 saturated heterocycles. The second kappa shape index (κ2) is 4.57. The van der Waals surface area contributed by atoms with Crippen LogP contribution in [-0.2, 0) is 6.54 Å². The Morgan fingerprint density at radius 3 is 2.79 bits per heavy atom. The quantitative estimate of drug-likeness (QED) is 0.758. The number of nitrogens with zero attached hydrogens (tertiary/aromatic N) is 2. The molecule has 0 saturated carbocycles. The molecule has 3 aromatic rings. The lowest BCUT2D eigenvalue weighted by atomic mass is 10.2. The summed E-state index contributed by atoms with van der Waals surface area (Å²) in [6.07, 6.45) is 1.65.